The van der Waals surface area contributed by atoms with Crippen molar-refractivity contribution in [3.8, 4) is 12.3 Å². The van der Waals surface area contributed by atoms with E-state index in [2.05, 4.69) is 40.8 Å². The van der Waals surface area contributed by atoms with Gasteiger partial charge in [0.25, 0.3) is 0 Å². The standard InChI is InChI=1S/C9H16IN/c1-3-6-9(4-2)11-8-5-7-10/h2,9,11H,3,5-8H2,1H3. The van der Waals surface area contributed by atoms with Crippen molar-refractivity contribution in [1.29, 1.82) is 0 Å². The highest BCUT2D eigenvalue weighted by Gasteiger charge is 1.99. The molecule has 64 valence electrons. The highest BCUT2D eigenvalue weighted by molar-refractivity contribution is 14.1. The smallest absolute Gasteiger partial charge is 0.0686 e. The van der Waals surface area contributed by atoms with E-state index in [1.807, 2.05) is 0 Å². The van der Waals surface area contributed by atoms with E-state index in [0.717, 1.165) is 19.4 Å². The lowest BCUT2D eigenvalue weighted by Gasteiger charge is -2.10. The van der Waals surface area contributed by atoms with E-state index in [9.17, 15) is 0 Å². The number of hydrogen-bond donors (Lipinski definition) is 1. The van der Waals surface area contributed by atoms with Crippen molar-refractivity contribution in [3.63, 3.8) is 0 Å². The molecule has 2 heteroatoms. The van der Waals surface area contributed by atoms with Gasteiger partial charge in [-0.25, -0.2) is 0 Å². The van der Waals surface area contributed by atoms with Gasteiger partial charge in [0.2, 0.25) is 0 Å². The Bertz CT molecular complexity index is 117. The predicted octanol–water partition coefficient (Wildman–Crippen LogP) is 2.20. The molecule has 0 saturated heterocycles. The molecule has 0 aromatic carbocycles. The molecule has 0 fully saturated rings. The van der Waals surface area contributed by atoms with Crippen molar-refractivity contribution >= 4 is 22.6 Å². The summed E-state index contributed by atoms with van der Waals surface area (Å²) in [5.41, 5.74) is 0. The molecular weight excluding hydrogens is 249 g/mol. The SMILES string of the molecule is C#CC(CCC)NCCCI. The van der Waals surface area contributed by atoms with E-state index in [1.165, 1.54) is 10.8 Å². The highest BCUT2D eigenvalue weighted by atomic mass is 127. The van der Waals surface area contributed by atoms with Crippen LogP contribution >= 0.6 is 22.6 Å². The van der Waals surface area contributed by atoms with E-state index in [-0.39, 0.29) is 0 Å². The zero-order chi connectivity index (χ0) is 8.53. The first-order chi connectivity index (χ1) is 5.35. The van der Waals surface area contributed by atoms with Gasteiger partial charge in [-0.3, -0.25) is 0 Å². The summed E-state index contributed by atoms with van der Waals surface area (Å²) in [6.45, 7) is 3.21. The molecule has 0 aliphatic carbocycles. The van der Waals surface area contributed by atoms with Gasteiger partial charge in [0.05, 0.1) is 6.04 Å². The maximum atomic E-state index is 5.33. The predicted molar refractivity (Wildman–Crippen MR) is 59.0 cm³/mol. The molecule has 0 amide bonds. The summed E-state index contributed by atoms with van der Waals surface area (Å²) < 4.78 is 1.20. The molecule has 0 aliphatic heterocycles. The summed E-state index contributed by atoms with van der Waals surface area (Å²) in [7, 11) is 0. The molecule has 1 nitrogen and oxygen atoms in total. The summed E-state index contributed by atoms with van der Waals surface area (Å²) >= 11 is 2.38. The van der Waals surface area contributed by atoms with Crippen LogP contribution in [-0.2, 0) is 0 Å². The molecule has 0 rings (SSSR count). The second-order valence-electron chi connectivity index (χ2n) is 2.50. The van der Waals surface area contributed by atoms with Crippen LogP contribution in [-0.4, -0.2) is 17.0 Å². The van der Waals surface area contributed by atoms with E-state index >= 15 is 0 Å². The van der Waals surface area contributed by atoms with Gasteiger partial charge in [0.15, 0.2) is 0 Å². The van der Waals surface area contributed by atoms with Crippen LogP contribution in [0.1, 0.15) is 26.2 Å². The molecule has 0 aliphatic rings. The first-order valence-corrected chi connectivity index (χ1v) is 5.63. The van der Waals surface area contributed by atoms with Crippen LogP contribution in [0.2, 0.25) is 0 Å². The first kappa shape index (κ1) is 11.2. The number of nitrogens with one attached hydrogen (secondary N) is 1. The largest absolute Gasteiger partial charge is 0.304 e. The van der Waals surface area contributed by atoms with Crippen LogP contribution in [0, 0.1) is 12.3 Å². The van der Waals surface area contributed by atoms with Crippen molar-refractivity contribution in [2.24, 2.45) is 0 Å². The van der Waals surface area contributed by atoms with Crippen molar-refractivity contribution in [3.05, 3.63) is 0 Å². The molecule has 0 saturated carbocycles. The van der Waals surface area contributed by atoms with Crippen LogP contribution in [0.25, 0.3) is 0 Å². The van der Waals surface area contributed by atoms with Gasteiger partial charge in [0, 0.05) is 4.43 Å². The molecule has 1 unspecified atom stereocenters. The number of halogens is 1. The van der Waals surface area contributed by atoms with Gasteiger partial charge in [-0.15, -0.1) is 6.42 Å². The monoisotopic (exact) mass is 265 g/mol. The molecule has 11 heavy (non-hydrogen) atoms. The fraction of sp³-hybridized carbons (Fsp3) is 0.778. The third-order valence-electron chi connectivity index (χ3n) is 1.48. The zero-order valence-corrected chi connectivity index (χ0v) is 9.23. The molecule has 0 spiro atoms. The zero-order valence-electron chi connectivity index (χ0n) is 7.07. The summed E-state index contributed by atoms with van der Waals surface area (Å²) in [4.78, 5) is 0. The Hall–Kier alpha value is 0.250. The molecular formula is C9H16IN. The average Bonchev–Trinajstić information content (AvgIpc) is 2.03. The third kappa shape index (κ3) is 6.64. The van der Waals surface area contributed by atoms with Crippen molar-refractivity contribution in [1.82, 2.24) is 5.32 Å². The molecule has 0 heterocycles. The van der Waals surface area contributed by atoms with Crippen molar-refractivity contribution in [2.45, 2.75) is 32.2 Å². The van der Waals surface area contributed by atoms with Crippen LogP contribution < -0.4 is 5.32 Å². The second-order valence-corrected chi connectivity index (χ2v) is 3.58. The molecule has 0 radical (unpaired) electrons. The fourth-order valence-corrected chi connectivity index (χ4v) is 1.26. The minimum atomic E-state index is 0.294. The number of terminal acetylenes is 1. The van der Waals surface area contributed by atoms with Crippen LogP contribution in [0.15, 0.2) is 0 Å². The fourth-order valence-electron chi connectivity index (χ4n) is 0.876. The minimum Gasteiger partial charge on any atom is -0.304 e. The van der Waals surface area contributed by atoms with Gasteiger partial charge >= 0.3 is 0 Å². The lowest BCUT2D eigenvalue weighted by atomic mass is 10.2. The molecule has 0 bridgehead atoms. The van der Waals surface area contributed by atoms with Gasteiger partial charge in [-0.2, -0.15) is 0 Å². The maximum Gasteiger partial charge on any atom is 0.0686 e. The highest BCUT2D eigenvalue weighted by Crippen LogP contribution is 1.95. The lowest BCUT2D eigenvalue weighted by molar-refractivity contribution is 0.563. The number of rotatable bonds is 6. The van der Waals surface area contributed by atoms with E-state index in [4.69, 9.17) is 6.42 Å². The Balaban J connectivity index is 3.30. The second kappa shape index (κ2) is 8.35. The average molecular weight is 265 g/mol. The van der Waals surface area contributed by atoms with Crippen molar-refractivity contribution in [2.75, 3.05) is 11.0 Å². The van der Waals surface area contributed by atoms with E-state index in [1.54, 1.807) is 0 Å². The van der Waals surface area contributed by atoms with Crippen LogP contribution in [0.5, 0.6) is 0 Å². The van der Waals surface area contributed by atoms with E-state index < -0.39 is 0 Å². The van der Waals surface area contributed by atoms with Gasteiger partial charge < -0.3 is 5.32 Å². The normalized spacial score (nSPS) is 12.5. The molecule has 1 N–H and O–H groups in total. The third-order valence-corrected chi connectivity index (χ3v) is 2.24. The Kier molecular flexibility index (Phi) is 8.54. The topological polar surface area (TPSA) is 12.0 Å². The minimum absolute atomic E-state index is 0.294. The van der Waals surface area contributed by atoms with E-state index in [0.29, 0.717) is 6.04 Å². The van der Waals surface area contributed by atoms with Crippen LogP contribution in [0.4, 0.5) is 0 Å². The van der Waals surface area contributed by atoms with Gasteiger partial charge in [-0.1, -0.05) is 41.9 Å². The van der Waals surface area contributed by atoms with Crippen molar-refractivity contribution < 1.29 is 0 Å². The van der Waals surface area contributed by atoms with Crippen LogP contribution in [0.3, 0.4) is 0 Å². The Morgan fingerprint density at radius 2 is 2.36 bits per heavy atom. The lowest BCUT2D eigenvalue weighted by Crippen LogP contribution is -2.28. The first-order valence-electron chi connectivity index (χ1n) is 4.10. The summed E-state index contributed by atoms with van der Waals surface area (Å²) in [6.07, 6.45) is 8.79. The van der Waals surface area contributed by atoms with Gasteiger partial charge in [-0.05, 0) is 19.4 Å². The number of alkyl halides is 1. The Morgan fingerprint density at radius 3 is 2.82 bits per heavy atom. The Morgan fingerprint density at radius 1 is 1.64 bits per heavy atom. The number of hydrogen-bond acceptors (Lipinski definition) is 1. The molecule has 0 aromatic rings. The summed E-state index contributed by atoms with van der Waals surface area (Å²) in [6, 6.07) is 0.294. The van der Waals surface area contributed by atoms with Gasteiger partial charge in [0.1, 0.15) is 0 Å². The molecule has 0 aromatic heterocycles. The molecule has 1 atom stereocenters. The maximum absolute atomic E-state index is 5.33. The summed E-state index contributed by atoms with van der Waals surface area (Å²) in [5, 5.41) is 3.33. The summed E-state index contributed by atoms with van der Waals surface area (Å²) in [5.74, 6) is 2.75. The quantitative estimate of drug-likeness (QED) is 0.336. The Labute approximate surface area is 83.5 Å².